The first-order valence-electron chi connectivity index (χ1n) is 12.1. The second kappa shape index (κ2) is 8.34. The Hall–Kier alpha value is -3.91. The van der Waals surface area contributed by atoms with Crippen molar-refractivity contribution in [2.75, 3.05) is 20.6 Å². The summed E-state index contributed by atoms with van der Waals surface area (Å²) in [5, 5.41) is 0. The van der Waals surface area contributed by atoms with Gasteiger partial charge >= 0.3 is 6.16 Å². The Balaban J connectivity index is 1.26. The van der Waals surface area contributed by atoms with Gasteiger partial charge in [0.1, 0.15) is 12.7 Å². The molecule has 184 valence electrons. The molecule has 3 heterocycles. The van der Waals surface area contributed by atoms with Crippen LogP contribution in [-0.2, 0) is 29.0 Å². The minimum Gasteiger partial charge on any atom is -0.454 e. The van der Waals surface area contributed by atoms with Gasteiger partial charge < -0.3 is 28.4 Å². The van der Waals surface area contributed by atoms with Gasteiger partial charge in [-0.15, -0.1) is 0 Å². The Morgan fingerprint density at radius 2 is 1.72 bits per heavy atom. The lowest BCUT2D eigenvalue weighted by atomic mass is 9.70. The Morgan fingerprint density at radius 1 is 0.944 bits per heavy atom. The van der Waals surface area contributed by atoms with E-state index in [9.17, 15) is 4.79 Å². The molecule has 3 aliphatic heterocycles. The molecule has 4 aliphatic rings. The molecule has 0 saturated heterocycles. The van der Waals surface area contributed by atoms with Crippen LogP contribution in [0.3, 0.4) is 0 Å². The molecular weight excluding hydrogens is 462 g/mol. The molecule has 3 aromatic rings. The molecule has 8 nitrogen and oxygen atoms in total. The third-order valence-electron chi connectivity index (χ3n) is 7.48. The fourth-order valence-corrected chi connectivity index (χ4v) is 5.93. The second-order valence-corrected chi connectivity index (χ2v) is 9.54. The lowest BCUT2D eigenvalue weighted by molar-refractivity contribution is -0.0115. The van der Waals surface area contributed by atoms with E-state index < -0.39 is 12.3 Å². The summed E-state index contributed by atoms with van der Waals surface area (Å²) in [5.41, 5.74) is 5.32. The molecule has 0 saturated carbocycles. The van der Waals surface area contributed by atoms with Crippen LogP contribution in [0.4, 0.5) is 4.79 Å². The van der Waals surface area contributed by atoms with Gasteiger partial charge in [-0.3, -0.25) is 4.90 Å². The van der Waals surface area contributed by atoms with Crippen molar-refractivity contribution < 1.29 is 33.2 Å². The van der Waals surface area contributed by atoms with Gasteiger partial charge in [0, 0.05) is 30.5 Å². The van der Waals surface area contributed by atoms with E-state index in [1.54, 1.807) is 0 Å². The van der Waals surface area contributed by atoms with E-state index in [2.05, 4.69) is 24.1 Å². The number of fused-ring (bicyclic) bond motifs is 8. The molecule has 36 heavy (non-hydrogen) atoms. The summed E-state index contributed by atoms with van der Waals surface area (Å²) in [6, 6.07) is 17.7. The monoisotopic (exact) mass is 487 g/mol. The van der Waals surface area contributed by atoms with E-state index in [4.69, 9.17) is 28.4 Å². The average molecular weight is 488 g/mol. The van der Waals surface area contributed by atoms with Gasteiger partial charge in [0.05, 0.1) is 0 Å². The average Bonchev–Trinajstić information content (AvgIpc) is 3.56. The molecule has 7 rings (SSSR count). The van der Waals surface area contributed by atoms with Crippen molar-refractivity contribution in [2.45, 2.75) is 37.6 Å². The molecule has 0 radical (unpaired) electrons. The van der Waals surface area contributed by atoms with Crippen LogP contribution in [0.15, 0.2) is 54.6 Å². The summed E-state index contributed by atoms with van der Waals surface area (Å²) in [6.07, 6.45) is -0.578. The standard InChI is InChI=1S/C28H25NO7/c1-29-12-20-18(7-8-21-27(20)35-15-32-21)25-24(36-28(30)31-13-16-5-3-2-4-6-16)10-17-9-22-23(34-14-33-22)11-19(17)26(25)29/h2-9,11,24-26H,10,12-15H2,1H3/t24-,25-,26+/m0/s1. The van der Waals surface area contributed by atoms with Crippen molar-refractivity contribution in [3.8, 4) is 23.0 Å². The Morgan fingerprint density at radius 3 is 2.58 bits per heavy atom. The number of carbonyl (C=O) groups is 1. The lowest BCUT2D eigenvalue weighted by Gasteiger charge is -2.47. The first-order chi connectivity index (χ1) is 17.7. The van der Waals surface area contributed by atoms with E-state index in [0.717, 1.165) is 50.8 Å². The minimum absolute atomic E-state index is 0.0250. The van der Waals surface area contributed by atoms with E-state index in [-0.39, 0.29) is 32.2 Å². The Bertz CT molecular complexity index is 1340. The highest BCUT2D eigenvalue weighted by Gasteiger charge is 2.47. The largest absolute Gasteiger partial charge is 0.508 e. The zero-order valence-electron chi connectivity index (χ0n) is 19.8. The fourth-order valence-electron chi connectivity index (χ4n) is 5.93. The molecule has 0 amide bonds. The number of carbonyl (C=O) groups excluding carboxylic acids is 1. The van der Waals surface area contributed by atoms with Crippen LogP contribution in [0.1, 0.15) is 39.8 Å². The number of rotatable bonds is 3. The van der Waals surface area contributed by atoms with Gasteiger partial charge in [-0.05, 0) is 47.5 Å². The summed E-state index contributed by atoms with van der Waals surface area (Å²) in [6.45, 7) is 1.26. The molecular formula is C28H25NO7. The van der Waals surface area contributed by atoms with Crippen LogP contribution >= 0.6 is 0 Å². The topological polar surface area (TPSA) is 75.7 Å². The number of benzene rings is 3. The van der Waals surface area contributed by atoms with E-state index in [1.807, 2.05) is 42.5 Å². The molecule has 1 aliphatic carbocycles. The maximum absolute atomic E-state index is 12.9. The second-order valence-electron chi connectivity index (χ2n) is 9.54. The summed E-state index contributed by atoms with van der Waals surface area (Å²) in [4.78, 5) is 15.2. The SMILES string of the molecule is CN1Cc2c(ccc3c2OCO3)[C@H]2[C@@H](OC(=O)OCc3ccccc3)Cc3cc4c(cc3[C@H]21)OCO4. The third kappa shape index (κ3) is 3.44. The van der Waals surface area contributed by atoms with Gasteiger partial charge in [0.25, 0.3) is 0 Å². The Labute approximate surface area is 208 Å². The van der Waals surface area contributed by atoms with Crippen LogP contribution in [-0.4, -0.2) is 37.8 Å². The quantitative estimate of drug-likeness (QED) is 0.493. The van der Waals surface area contributed by atoms with Crippen molar-refractivity contribution in [1.82, 2.24) is 4.90 Å². The number of ether oxygens (including phenoxy) is 6. The highest BCUT2D eigenvalue weighted by Crippen LogP contribution is 2.54. The number of hydrogen-bond acceptors (Lipinski definition) is 8. The molecule has 8 heteroatoms. The predicted molar refractivity (Wildman–Crippen MR) is 127 cm³/mol. The maximum Gasteiger partial charge on any atom is 0.508 e. The number of hydrogen-bond donors (Lipinski definition) is 0. The van der Waals surface area contributed by atoms with Gasteiger partial charge in [-0.2, -0.15) is 0 Å². The fraction of sp³-hybridized carbons (Fsp3) is 0.321. The molecule has 0 unspecified atom stereocenters. The van der Waals surface area contributed by atoms with Gasteiger partial charge in [0.15, 0.2) is 23.0 Å². The third-order valence-corrected chi connectivity index (χ3v) is 7.48. The summed E-state index contributed by atoms with van der Waals surface area (Å²) in [5.74, 6) is 2.88. The van der Waals surface area contributed by atoms with Crippen LogP contribution in [0, 0.1) is 0 Å². The predicted octanol–water partition coefficient (Wildman–Crippen LogP) is 4.69. The van der Waals surface area contributed by atoms with Crippen molar-refractivity contribution in [3.05, 3.63) is 82.4 Å². The normalized spacial score (nSPS) is 22.9. The van der Waals surface area contributed by atoms with Gasteiger partial charge in [-0.1, -0.05) is 36.4 Å². The molecule has 0 spiro atoms. The molecule has 0 fully saturated rings. The molecule has 3 aromatic carbocycles. The smallest absolute Gasteiger partial charge is 0.454 e. The minimum atomic E-state index is -0.678. The highest BCUT2D eigenvalue weighted by molar-refractivity contribution is 5.62. The Kier molecular flexibility index (Phi) is 4.95. The van der Waals surface area contributed by atoms with Crippen LogP contribution in [0.2, 0.25) is 0 Å². The summed E-state index contributed by atoms with van der Waals surface area (Å²) in [7, 11) is 2.08. The van der Waals surface area contributed by atoms with E-state index in [1.165, 1.54) is 0 Å². The molecule has 0 N–H and O–H groups in total. The first-order valence-corrected chi connectivity index (χ1v) is 12.1. The molecule has 0 bridgehead atoms. The molecule has 3 atom stereocenters. The van der Waals surface area contributed by atoms with Crippen molar-refractivity contribution >= 4 is 6.16 Å². The molecule has 0 aromatic heterocycles. The zero-order chi connectivity index (χ0) is 24.2. The first kappa shape index (κ1) is 21.4. The van der Waals surface area contributed by atoms with Crippen LogP contribution in [0.5, 0.6) is 23.0 Å². The van der Waals surface area contributed by atoms with Crippen LogP contribution in [0.25, 0.3) is 0 Å². The summed E-state index contributed by atoms with van der Waals surface area (Å²) < 4.78 is 34.4. The zero-order valence-corrected chi connectivity index (χ0v) is 19.8. The number of likely N-dealkylation sites (N-methyl/N-ethyl adjacent to an activating group) is 1. The van der Waals surface area contributed by atoms with Crippen molar-refractivity contribution in [2.24, 2.45) is 0 Å². The highest BCUT2D eigenvalue weighted by atomic mass is 16.7. The maximum atomic E-state index is 12.9. The lowest BCUT2D eigenvalue weighted by Crippen LogP contribution is -2.45. The van der Waals surface area contributed by atoms with Crippen molar-refractivity contribution in [3.63, 3.8) is 0 Å². The summed E-state index contributed by atoms with van der Waals surface area (Å²) >= 11 is 0. The van der Waals surface area contributed by atoms with Crippen LogP contribution < -0.4 is 18.9 Å². The van der Waals surface area contributed by atoms with E-state index in [0.29, 0.717) is 13.0 Å². The van der Waals surface area contributed by atoms with Crippen molar-refractivity contribution in [1.29, 1.82) is 0 Å². The van der Waals surface area contributed by atoms with Gasteiger partial charge in [0.2, 0.25) is 13.6 Å². The van der Waals surface area contributed by atoms with E-state index >= 15 is 0 Å². The van der Waals surface area contributed by atoms with Gasteiger partial charge in [-0.25, -0.2) is 4.79 Å². The number of nitrogens with zero attached hydrogens (tertiary/aromatic N) is 1.